The summed E-state index contributed by atoms with van der Waals surface area (Å²) < 4.78 is 11.2. The van der Waals surface area contributed by atoms with Gasteiger partial charge in [0.15, 0.2) is 11.5 Å². The number of hydrogen-bond acceptors (Lipinski definition) is 3. The van der Waals surface area contributed by atoms with Crippen LogP contribution >= 0.6 is 0 Å². The van der Waals surface area contributed by atoms with E-state index < -0.39 is 0 Å². The Morgan fingerprint density at radius 3 is 2.62 bits per heavy atom. The van der Waals surface area contributed by atoms with E-state index in [1.165, 1.54) is 12.8 Å². The molecule has 1 aliphatic rings. The Labute approximate surface area is 96.5 Å². The SMILES string of the molecule is COc1cc(CN)ccc1OC1CCCC1. The average Bonchev–Trinajstić information content (AvgIpc) is 2.82. The van der Waals surface area contributed by atoms with Crippen molar-refractivity contribution in [2.75, 3.05) is 7.11 Å². The molecule has 3 nitrogen and oxygen atoms in total. The highest BCUT2D eigenvalue weighted by atomic mass is 16.5. The largest absolute Gasteiger partial charge is 0.493 e. The standard InChI is InChI=1S/C13H19NO2/c1-15-13-8-10(9-14)6-7-12(13)16-11-4-2-3-5-11/h6-8,11H,2-5,9,14H2,1H3. The fourth-order valence-electron chi connectivity index (χ4n) is 2.12. The van der Waals surface area contributed by atoms with Crippen LogP contribution in [0.25, 0.3) is 0 Å². The normalized spacial score (nSPS) is 16.4. The zero-order valence-corrected chi connectivity index (χ0v) is 9.74. The lowest BCUT2D eigenvalue weighted by molar-refractivity contribution is 0.200. The van der Waals surface area contributed by atoms with Crippen molar-refractivity contribution < 1.29 is 9.47 Å². The molecule has 1 saturated carbocycles. The molecule has 0 atom stereocenters. The molecule has 0 radical (unpaired) electrons. The van der Waals surface area contributed by atoms with Crippen LogP contribution in [0, 0.1) is 0 Å². The van der Waals surface area contributed by atoms with Gasteiger partial charge in [-0.15, -0.1) is 0 Å². The van der Waals surface area contributed by atoms with Crippen LogP contribution in [0.15, 0.2) is 18.2 Å². The minimum atomic E-state index is 0.359. The smallest absolute Gasteiger partial charge is 0.161 e. The van der Waals surface area contributed by atoms with Crippen molar-refractivity contribution in [3.63, 3.8) is 0 Å². The highest BCUT2D eigenvalue weighted by molar-refractivity contribution is 5.43. The van der Waals surface area contributed by atoms with E-state index in [0.717, 1.165) is 29.9 Å². The summed E-state index contributed by atoms with van der Waals surface area (Å²) in [5.74, 6) is 1.63. The Kier molecular flexibility index (Phi) is 3.67. The van der Waals surface area contributed by atoms with Crippen molar-refractivity contribution in [3.8, 4) is 11.5 Å². The van der Waals surface area contributed by atoms with Crippen LogP contribution in [0.3, 0.4) is 0 Å². The van der Waals surface area contributed by atoms with Crippen LogP contribution in [-0.4, -0.2) is 13.2 Å². The first-order valence-corrected chi connectivity index (χ1v) is 5.87. The minimum Gasteiger partial charge on any atom is -0.493 e. The maximum Gasteiger partial charge on any atom is 0.161 e. The van der Waals surface area contributed by atoms with E-state index in [2.05, 4.69) is 0 Å². The third-order valence-corrected chi connectivity index (χ3v) is 3.06. The average molecular weight is 221 g/mol. The van der Waals surface area contributed by atoms with E-state index >= 15 is 0 Å². The Hall–Kier alpha value is -1.22. The number of rotatable bonds is 4. The molecule has 0 aromatic heterocycles. The van der Waals surface area contributed by atoms with Crippen LogP contribution in [0.4, 0.5) is 0 Å². The summed E-state index contributed by atoms with van der Waals surface area (Å²) in [5, 5.41) is 0. The van der Waals surface area contributed by atoms with Crippen molar-refractivity contribution in [1.29, 1.82) is 0 Å². The molecule has 1 aromatic carbocycles. The van der Waals surface area contributed by atoms with E-state index in [1.54, 1.807) is 7.11 Å². The van der Waals surface area contributed by atoms with Gasteiger partial charge in [0, 0.05) is 6.54 Å². The highest BCUT2D eigenvalue weighted by Gasteiger charge is 2.18. The predicted molar refractivity (Wildman–Crippen MR) is 63.8 cm³/mol. The lowest BCUT2D eigenvalue weighted by atomic mass is 10.2. The van der Waals surface area contributed by atoms with Gasteiger partial charge < -0.3 is 15.2 Å². The first-order chi connectivity index (χ1) is 7.83. The van der Waals surface area contributed by atoms with Gasteiger partial charge in [0.25, 0.3) is 0 Å². The monoisotopic (exact) mass is 221 g/mol. The third kappa shape index (κ3) is 2.47. The molecule has 1 fully saturated rings. The van der Waals surface area contributed by atoms with Gasteiger partial charge in [-0.2, -0.15) is 0 Å². The zero-order chi connectivity index (χ0) is 11.4. The Balaban J connectivity index is 2.12. The number of nitrogens with two attached hydrogens (primary N) is 1. The number of benzene rings is 1. The summed E-state index contributed by atoms with van der Waals surface area (Å²) in [4.78, 5) is 0. The Morgan fingerprint density at radius 1 is 1.25 bits per heavy atom. The van der Waals surface area contributed by atoms with Crippen molar-refractivity contribution in [1.82, 2.24) is 0 Å². The van der Waals surface area contributed by atoms with Gasteiger partial charge in [0.1, 0.15) is 0 Å². The molecule has 0 amide bonds. The molecule has 0 aliphatic heterocycles. The van der Waals surface area contributed by atoms with Gasteiger partial charge in [-0.05, 0) is 43.4 Å². The third-order valence-electron chi connectivity index (χ3n) is 3.06. The number of methoxy groups -OCH3 is 1. The second-order valence-electron chi connectivity index (χ2n) is 4.21. The molecule has 0 heterocycles. The number of hydrogen-bond donors (Lipinski definition) is 1. The molecular formula is C13H19NO2. The van der Waals surface area contributed by atoms with E-state index in [1.807, 2.05) is 18.2 Å². The zero-order valence-electron chi connectivity index (χ0n) is 9.74. The lowest BCUT2D eigenvalue weighted by Crippen LogP contribution is -2.11. The molecule has 16 heavy (non-hydrogen) atoms. The van der Waals surface area contributed by atoms with Crippen LogP contribution in [-0.2, 0) is 6.54 Å². The molecule has 3 heteroatoms. The summed E-state index contributed by atoms with van der Waals surface area (Å²) in [6.07, 6.45) is 5.21. The molecule has 88 valence electrons. The highest BCUT2D eigenvalue weighted by Crippen LogP contribution is 2.32. The van der Waals surface area contributed by atoms with Crippen molar-refractivity contribution >= 4 is 0 Å². The van der Waals surface area contributed by atoms with Gasteiger partial charge in [0.2, 0.25) is 0 Å². The molecule has 0 spiro atoms. The van der Waals surface area contributed by atoms with Crippen LogP contribution in [0.1, 0.15) is 31.2 Å². The fourth-order valence-corrected chi connectivity index (χ4v) is 2.12. The van der Waals surface area contributed by atoms with Crippen LogP contribution in [0.5, 0.6) is 11.5 Å². The number of ether oxygens (including phenoxy) is 2. The van der Waals surface area contributed by atoms with Gasteiger partial charge in [0.05, 0.1) is 13.2 Å². The molecule has 2 rings (SSSR count). The molecule has 2 N–H and O–H groups in total. The molecular weight excluding hydrogens is 202 g/mol. The van der Waals surface area contributed by atoms with Gasteiger partial charge in [-0.3, -0.25) is 0 Å². The second kappa shape index (κ2) is 5.21. The second-order valence-corrected chi connectivity index (χ2v) is 4.21. The van der Waals surface area contributed by atoms with Crippen molar-refractivity contribution in [2.24, 2.45) is 5.73 Å². The molecule has 0 bridgehead atoms. The molecule has 1 aromatic rings. The summed E-state index contributed by atoms with van der Waals surface area (Å²) >= 11 is 0. The van der Waals surface area contributed by atoms with E-state index in [9.17, 15) is 0 Å². The minimum absolute atomic E-state index is 0.359. The summed E-state index contributed by atoms with van der Waals surface area (Å²) in [7, 11) is 1.66. The maximum atomic E-state index is 5.93. The van der Waals surface area contributed by atoms with E-state index in [0.29, 0.717) is 12.6 Å². The topological polar surface area (TPSA) is 44.5 Å². The first kappa shape index (κ1) is 11.3. The van der Waals surface area contributed by atoms with Gasteiger partial charge in [-0.1, -0.05) is 6.07 Å². The van der Waals surface area contributed by atoms with Crippen LogP contribution < -0.4 is 15.2 Å². The van der Waals surface area contributed by atoms with Crippen molar-refractivity contribution in [2.45, 2.75) is 38.3 Å². The molecule has 0 saturated heterocycles. The maximum absolute atomic E-state index is 5.93. The Morgan fingerprint density at radius 2 is 2.00 bits per heavy atom. The Bertz CT molecular complexity index is 346. The lowest BCUT2D eigenvalue weighted by Gasteiger charge is -2.16. The summed E-state index contributed by atoms with van der Waals surface area (Å²) in [6, 6.07) is 5.90. The first-order valence-electron chi connectivity index (χ1n) is 5.87. The molecule has 1 aliphatic carbocycles. The van der Waals surface area contributed by atoms with Gasteiger partial charge >= 0.3 is 0 Å². The predicted octanol–water partition coefficient (Wildman–Crippen LogP) is 2.48. The molecule has 0 unspecified atom stereocenters. The van der Waals surface area contributed by atoms with Crippen molar-refractivity contribution in [3.05, 3.63) is 23.8 Å². The fraction of sp³-hybridized carbons (Fsp3) is 0.538. The van der Waals surface area contributed by atoms with E-state index in [-0.39, 0.29) is 0 Å². The van der Waals surface area contributed by atoms with Gasteiger partial charge in [-0.25, -0.2) is 0 Å². The quantitative estimate of drug-likeness (QED) is 0.849. The van der Waals surface area contributed by atoms with Crippen LogP contribution in [0.2, 0.25) is 0 Å². The summed E-state index contributed by atoms with van der Waals surface area (Å²) in [6.45, 7) is 0.528. The summed E-state index contributed by atoms with van der Waals surface area (Å²) in [5.41, 5.74) is 6.66. The van der Waals surface area contributed by atoms with E-state index in [4.69, 9.17) is 15.2 Å².